The van der Waals surface area contributed by atoms with Crippen molar-refractivity contribution in [3.8, 4) is 11.4 Å². The minimum Gasteiger partial charge on any atom is -0.461 e. The van der Waals surface area contributed by atoms with Gasteiger partial charge in [0.05, 0.1) is 53.4 Å². The van der Waals surface area contributed by atoms with Crippen molar-refractivity contribution in [1.29, 1.82) is 0 Å². The number of esters is 1. The van der Waals surface area contributed by atoms with E-state index in [0.29, 0.717) is 33.2 Å². The third kappa shape index (κ3) is 10.4. The molecule has 4 aromatic carbocycles. The fourth-order valence-corrected chi connectivity index (χ4v) is 7.65. The Morgan fingerprint density at radius 1 is 0.657 bits per heavy atom. The van der Waals surface area contributed by atoms with Crippen LogP contribution in [-0.4, -0.2) is 74.3 Å². The van der Waals surface area contributed by atoms with Gasteiger partial charge >= 0.3 is 18.3 Å². The smallest absolute Gasteiger partial charge is 0.425 e. The van der Waals surface area contributed by atoms with Crippen molar-refractivity contribution in [2.45, 2.75) is 50.2 Å². The second kappa shape index (κ2) is 21.5. The molecule has 0 radical (unpaired) electrons. The monoisotopic (exact) mass is 1020 g/mol. The van der Waals surface area contributed by atoms with Gasteiger partial charge in [-0.1, -0.05) is 24.3 Å². The van der Waals surface area contributed by atoms with Crippen LogP contribution in [0.2, 0.25) is 0 Å². The van der Waals surface area contributed by atoms with Crippen LogP contribution in [0.5, 0.6) is 0 Å². The number of fused-ring (bicyclic) bond motifs is 2. The van der Waals surface area contributed by atoms with Gasteiger partial charge in [0.15, 0.2) is 0 Å². The van der Waals surface area contributed by atoms with Gasteiger partial charge in [0.1, 0.15) is 17.3 Å². The molecule has 4 heterocycles. The average Bonchev–Trinajstić information content (AvgIpc) is 4.14. The lowest BCUT2D eigenvalue weighted by Crippen LogP contribution is -2.43. The number of aromatic nitrogens is 6. The molecule has 0 saturated carbocycles. The Bertz CT molecular complexity index is 3110. The van der Waals surface area contributed by atoms with Crippen molar-refractivity contribution in [2.24, 2.45) is 0 Å². The zero-order valence-electron chi connectivity index (χ0n) is 36.8. The first kappa shape index (κ1) is 52.6. The topological polar surface area (TPSA) is 132 Å². The van der Waals surface area contributed by atoms with E-state index in [0.717, 1.165) is 30.6 Å². The number of hydrogen-bond acceptors (Lipinski definition) is 7. The number of ether oxygens (including phenoxy) is 1. The fraction of sp³-hybridized carbons (Fsp3) is 0.204. The number of rotatable bonds is 13. The van der Waals surface area contributed by atoms with Crippen LogP contribution in [0.4, 0.5) is 35.1 Å². The van der Waals surface area contributed by atoms with Crippen LogP contribution in [0.15, 0.2) is 147 Å². The van der Waals surface area contributed by atoms with E-state index < -0.39 is 70.0 Å². The number of hydrogen-bond donors (Lipinski definition) is 3. The average molecular weight is 1020 g/mol. The summed E-state index contributed by atoms with van der Waals surface area (Å²) in [5, 5.41) is 40.9. The van der Waals surface area contributed by atoms with Gasteiger partial charge in [0.2, 0.25) is 11.2 Å². The van der Waals surface area contributed by atoms with Crippen molar-refractivity contribution < 1.29 is 60.0 Å². The number of benzene rings is 4. The summed E-state index contributed by atoms with van der Waals surface area (Å²) in [6.45, 7) is 8.44. The highest BCUT2D eigenvalue weighted by Gasteiger charge is 2.58. The number of carbonyl (C=O) groups is 1. The Morgan fingerprint density at radius 3 is 1.47 bits per heavy atom. The van der Waals surface area contributed by atoms with Gasteiger partial charge in [-0.25, -0.2) is 22.9 Å². The van der Waals surface area contributed by atoms with Gasteiger partial charge in [-0.15, -0.1) is 36.4 Å². The maximum atomic E-state index is 14.4. The molecule has 4 aromatic heterocycles. The van der Waals surface area contributed by atoms with Crippen LogP contribution >= 0.6 is 23.2 Å². The predicted molar refractivity (Wildman–Crippen MR) is 248 cm³/mol. The van der Waals surface area contributed by atoms with Crippen LogP contribution in [0.1, 0.15) is 45.4 Å². The molecule has 8 rings (SSSR count). The summed E-state index contributed by atoms with van der Waals surface area (Å²) >= 11 is 9.53. The first-order chi connectivity index (χ1) is 33.2. The van der Waals surface area contributed by atoms with E-state index in [9.17, 15) is 55.2 Å². The molecular formula is C49H42Cl2F8N6O5. The normalized spacial score (nSPS) is 13.4. The van der Waals surface area contributed by atoms with Gasteiger partial charge < -0.3 is 29.2 Å². The predicted octanol–water partition coefficient (Wildman–Crippen LogP) is 11.0. The first-order valence-electron chi connectivity index (χ1n) is 20.8. The maximum absolute atomic E-state index is 14.4. The van der Waals surface area contributed by atoms with E-state index in [1.807, 2.05) is 0 Å². The quantitative estimate of drug-likeness (QED) is 0.0453. The van der Waals surface area contributed by atoms with E-state index in [1.54, 1.807) is 6.92 Å². The molecule has 0 bridgehead atoms. The largest absolute Gasteiger partial charge is 0.461 e. The molecule has 70 heavy (non-hydrogen) atoms. The number of nitrogens with zero attached hydrogens (tertiary/aromatic N) is 6. The van der Waals surface area contributed by atoms with Crippen LogP contribution in [0.3, 0.4) is 0 Å². The van der Waals surface area contributed by atoms with E-state index in [-0.39, 0.29) is 36.4 Å². The molecule has 0 aliphatic carbocycles. The lowest BCUT2D eigenvalue weighted by atomic mass is 9.86. The molecule has 2 unspecified atom stereocenters. The summed E-state index contributed by atoms with van der Waals surface area (Å²) in [4.78, 5) is 12.3. The number of allylic oxidation sites excluding steroid dienone is 2. The third-order valence-corrected chi connectivity index (χ3v) is 11.0. The molecule has 21 heteroatoms. The Hall–Kier alpha value is -6.77. The van der Waals surface area contributed by atoms with E-state index in [4.69, 9.17) is 27.9 Å². The maximum Gasteiger partial charge on any atom is 0.425 e. The van der Waals surface area contributed by atoms with Crippen LogP contribution in [-0.2, 0) is 35.6 Å². The minimum absolute atomic E-state index is 0.0333. The Kier molecular flexibility index (Phi) is 16.1. The molecule has 0 saturated heterocycles. The third-order valence-electron chi connectivity index (χ3n) is 11.0. The van der Waals surface area contributed by atoms with E-state index in [1.165, 1.54) is 122 Å². The first-order valence-corrected chi connectivity index (χ1v) is 21.9. The lowest BCUT2D eigenvalue weighted by Gasteiger charge is -2.30. The summed E-state index contributed by atoms with van der Waals surface area (Å²) in [5.74, 6) is -1.68. The number of halogens is 10. The van der Waals surface area contributed by atoms with Gasteiger partial charge in [-0.3, -0.25) is 0 Å². The number of aliphatic hydroxyl groups is 3. The second-order valence-electron chi connectivity index (χ2n) is 15.2. The van der Waals surface area contributed by atoms with Crippen molar-refractivity contribution >= 4 is 51.0 Å². The molecule has 0 fully saturated rings. The minimum atomic E-state index is -5.13. The zero-order chi connectivity index (χ0) is 51.2. The molecule has 368 valence electrons. The summed E-state index contributed by atoms with van der Waals surface area (Å²) in [7, 11) is 0. The number of aliphatic hydroxyl groups excluding tert-OH is 1. The highest BCUT2D eigenvalue weighted by molar-refractivity contribution is 6.40. The number of carbonyl (C=O) groups excluding carboxylic acids is 1. The van der Waals surface area contributed by atoms with Crippen molar-refractivity contribution in [1.82, 2.24) is 28.7 Å². The molecule has 2 atom stereocenters. The van der Waals surface area contributed by atoms with Crippen molar-refractivity contribution in [3.05, 3.63) is 192 Å². The molecule has 0 aliphatic heterocycles. The Morgan fingerprint density at radius 2 is 1.07 bits per heavy atom. The van der Waals surface area contributed by atoms with Crippen molar-refractivity contribution in [2.75, 3.05) is 11.9 Å². The zero-order valence-corrected chi connectivity index (χ0v) is 38.3. The number of alkyl halides is 8. The molecule has 8 aromatic rings. The van der Waals surface area contributed by atoms with Gasteiger partial charge in [0.25, 0.3) is 0 Å². The second-order valence-corrected chi connectivity index (χ2v) is 16.0. The van der Waals surface area contributed by atoms with E-state index in [2.05, 4.69) is 23.4 Å². The van der Waals surface area contributed by atoms with Crippen LogP contribution in [0, 0.1) is 11.6 Å². The Balaban J connectivity index is 0.000000218. The lowest BCUT2D eigenvalue weighted by molar-refractivity contribution is -0.248. The molecular weight excluding hydrogens is 975 g/mol. The highest BCUT2D eigenvalue weighted by atomic mass is 35.5. The molecule has 0 aliphatic rings. The molecule has 3 N–H and O–H groups in total. The standard InChI is InChI=1S/C25H21F4N3O3.C23H19F4N3O2.CH2Cl2/c1-3-11-31-15-18(13-22(31)23(33)35-4-2)24(34,25(27,28)29)17-5-10-21-16(12-17)14-30-32(21)20-8-6-19(26)7-9-20;1-2-9-29-13-17(11-20(29)14-31)22(32,23(25,26)27)16-3-8-21-15(10-16)12-28-30(21)19-6-4-18(24)5-7-19;2-1-3/h3,5-10,12-15,34H,1,4,11H2,2H3;2-8,10-13,31-32H,1,9,14H2;1H2. The molecule has 0 amide bonds. The Labute approximate surface area is 404 Å². The molecule has 0 spiro atoms. The van der Waals surface area contributed by atoms with E-state index >= 15 is 0 Å². The van der Waals surface area contributed by atoms with Gasteiger partial charge in [-0.2, -0.15) is 36.5 Å². The summed E-state index contributed by atoms with van der Waals surface area (Å²) in [6.07, 6.45) is -2.32. The van der Waals surface area contributed by atoms with Crippen LogP contribution in [0.25, 0.3) is 33.2 Å². The fourth-order valence-electron chi connectivity index (χ4n) is 7.65. The van der Waals surface area contributed by atoms with Crippen molar-refractivity contribution in [3.63, 3.8) is 0 Å². The summed E-state index contributed by atoms with van der Waals surface area (Å²) < 4.78 is 123. The van der Waals surface area contributed by atoms with Crippen LogP contribution < -0.4 is 0 Å². The van der Waals surface area contributed by atoms with Gasteiger partial charge in [-0.05, 0) is 103 Å². The summed E-state index contributed by atoms with van der Waals surface area (Å²) in [6, 6.07) is 20.6. The summed E-state index contributed by atoms with van der Waals surface area (Å²) in [5.41, 5.74) is -6.47. The SMILES string of the molecule is C=CCn1cc(C(O)(c2ccc3c(cnn3-c3ccc(F)cc3)c2)C(F)(F)F)cc1C(=O)OCC.C=CCn1cc(C(O)(c2ccc3c(cnn3-c3ccc(F)cc3)c2)C(F)(F)F)cc1CO.ClCCl. The molecule has 11 nitrogen and oxygen atoms in total. The van der Waals surface area contributed by atoms with Gasteiger partial charge in [0, 0.05) is 53.1 Å². The highest BCUT2D eigenvalue weighted by Crippen LogP contribution is 2.47.